The lowest BCUT2D eigenvalue weighted by atomic mass is 9.98. The lowest BCUT2D eigenvalue weighted by molar-refractivity contribution is -0.116. The molecule has 1 fully saturated rings. The second-order valence-corrected chi connectivity index (χ2v) is 5.84. The average molecular weight is 273 g/mol. The largest absolute Gasteiger partial charge is 0.458 e. The summed E-state index contributed by atoms with van der Waals surface area (Å²) in [6.45, 7) is 8.24. The average Bonchev–Trinajstić information content (AvgIpc) is 2.86. The Morgan fingerprint density at radius 2 is 2.10 bits per heavy atom. The fourth-order valence-electron chi connectivity index (χ4n) is 2.99. The van der Waals surface area contributed by atoms with Crippen LogP contribution < -0.4 is 5.32 Å². The maximum Gasteiger partial charge on any atom is 0.138 e. The highest BCUT2D eigenvalue weighted by Gasteiger charge is 2.34. The van der Waals surface area contributed by atoms with Crippen molar-refractivity contribution in [1.82, 2.24) is 5.32 Å². The topological polar surface area (TPSA) is 34.4 Å². The zero-order valence-electron chi connectivity index (χ0n) is 12.5. The number of aryl methyl sites for hydroxylation is 1. The predicted octanol–water partition coefficient (Wildman–Crippen LogP) is 3.82. The van der Waals surface area contributed by atoms with Gasteiger partial charge in [0.15, 0.2) is 0 Å². The van der Waals surface area contributed by atoms with Crippen molar-refractivity contribution in [3.63, 3.8) is 0 Å². The fraction of sp³-hybridized carbons (Fsp3) is 0.529. The van der Waals surface area contributed by atoms with Crippen LogP contribution in [0.2, 0.25) is 0 Å². The van der Waals surface area contributed by atoms with Gasteiger partial charge in [-0.05, 0) is 25.8 Å². The van der Waals surface area contributed by atoms with Gasteiger partial charge in [0.05, 0.1) is 5.60 Å². The normalized spacial score (nSPS) is 27.1. The van der Waals surface area contributed by atoms with Crippen molar-refractivity contribution in [2.45, 2.75) is 45.3 Å². The van der Waals surface area contributed by atoms with Crippen LogP contribution in [-0.4, -0.2) is 18.7 Å². The number of rotatable bonds is 3. The van der Waals surface area contributed by atoms with Gasteiger partial charge in [-0.3, -0.25) is 0 Å². The Balaban J connectivity index is 2.01. The number of ether oxygens (including phenoxy) is 1. The summed E-state index contributed by atoms with van der Waals surface area (Å²) in [7, 11) is 0. The zero-order valence-corrected chi connectivity index (χ0v) is 12.5. The van der Waals surface area contributed by atoms with E-state index < -0.39 is 0 Å². The summed E-state index contributed by atoms with van der Waals surface area (Å²) in [6.07, 6.45) is 1.98. The quantitative estimate of drug-likeness (QED) is 0.923. The minimum absolute atomic E-state index is 0.0102. The van der Waals surface area contributed by atoms with Crippen LogP contribution in [0.3, 0.4) is 0 Å². The van der Waals surface area contributed by atoms with E-state index in [1.165, 1.54) is 10.9 Å². The Morgan fingerprint density at radius 3 is 2.85 bits per heavy atom. The molecule has 1 saturated heterocycles. The molecule has 0 aliphatic carbocycles. The van der Waals surface area contributed by atoms with Gasteiger partial charge in [-0.15, -0.1) is 0 Å². The highest BCUT2D eigenvalue weighted by molar-refractivity contribution is 5.82. The van der Waals surface area contributed by atoms with Gasteiger partial charge in [0, 0.05) is 24.0 Å². The van der Waals surface area contributed by atoms with Crippen LogP contribution in [0, 0.1) is 0 Å². The van der Waals surface area contributed by atoms with E-state index in [4.69, 9.17) is 9.15 Å². The van der Waals surface area contributed by atoms with E-state index in [9.17, 15) is 0 Å². The first-order chi connectivity index (χ1) is 9.67. The molecule has 0 bridgehead atoms. The molecule has 0 spiro atoms. The standard InChI is InChI=1S/C17H23NO2/c1-4-12-13-8-6-7-9-14(13)19-16(12)15-10-18-11-17(3,5-2)20-15/h6-9,15,18H,4-5,10-11H2,1-3H3. The lowest BCUT2D eigenvalue weighted by Gasteiger charge is -2.38. The summed E-state index contributed by atoms with van der Waals surface area (Å²) in [5.41, 5.74) is 2.15. The third-order valence-electron chi connectivity index (χ3n) is 4.38. The van der Waals surface area contributed by atoms with E-state index in [0.717, 1.165) is 37.3 Å². The molecule has 2 unspecified atom stereocenters. The summed E-state index contributed by atoms with van der Waals surface area (Å²) < 4.78 is 12.4. The number of morpholine rings is 1. The maximum atomic E-state index is 6.32. The molecule has 0 saturated carbocycles. The molecular formula is C17H23NO2. The van der Waals surface area contributed by atoms with Crippen LogP contribution in [0.1, 0.15) is 44.6 Å². The first kappa shape index (κ1) is 13.7. The van der Waals surface area contributed by atoms with E-state index in [2.05, 4.69) is 38.2 Å². The molecule has 3 heteroatoms. The fourth-order valence-corrected chi connectivity index (χ4v) is 2.99. The van der Waals surface area contributed by atoms with Crippen molar-refractivity contribution < 1.29 is 9.15 Å². The Hall–Kier alpha value is -1.32. The van der Waals surface area contributed by atoms with Gasteiger partial charge < -0.3 is 14.5 Å². The van der Waals surface area contributed by atoms with Gasteiger partial charge in [-0.1, -0.05) is 32.0 Å². The molecular weight excluding hydrogens is 250 g/mol. The van der Waals surface area contributed by atoms with Crippen molar-refractivity contribution in [3.8, 4) is 0 Å². The van der Waals surface area contributed by atoms with Gasteiger partial charge >= 0.3 is 0 Å². The molecule has 1 N–H and O–H groups in total. The molecule has 20 heavy (non-hydrogen) atoms. The highest BCUT2D eigenvalue weighted by atomic mass is 16.5. The second-order valence-electron chi connectivity index (χ2n) is 5.84. The van der Waals surface area contributed by atoms with Crippen LogP contribution in [0.25, 0.3) is 11.0 Å². The molecule has 2 atom stereocenters. The Morgan fingerprint density at radius 1 is 1.30 bits per heavy atom. The van der Waals surface area contributed by atoms with E-state index in [-0.39, 0.29) is 11.7 Å². The third kappa shape index (κ3) is 2.25. The first-order valence-corrected chi connectivity index (χ1v) is 7.55. The van der Waals surface area contributed by atoms with Gasteiger partial charge in [0.25, 0.3) is 0 Å². The molecule has 1 aromatic carbocycles. The SMILES string of the molecule is CCc1c(C2CNCC(C)(CC)O2)oc2ccccc12. The highest BCUT2D eigenvalue weighted by Crippen LogP contribution is 2.36. The smallest absolute Gasteiger partial charge is 0.138 e. The molecule has 1 aliphatic heterocycles. The van der Waals surface area contributed by atoms with Gasteiger partial charge in [-0.2, -0.15) is 0 Å². The summed E-state index contributed by atoms with van der Waals surface area (Å²) in [5, 5.41) is 4.71. The molecule has 1 aromatic heterocycles. The van der Waals surface area contributed by atoms with Crippen molar-refractivity contribution >= 4 is 11.0 Å². The minimum atomic E-state index is -0.104. The predicted molar refractivity (Wildman–Crippen MR) is 81.0 cm³/mol. The number of para-hydroxylation sites is 1. The molecule has 1 aliphatic rings. The number of benzene rings is 1. The van der Waals surface area contributed by atoms with Crippen LogP contribution in [0.15, 0.2) is 28.7 Å². The van der Waals surface area contributed by atoms with Crippen molar-refractivity contribution in [2.24, 2.45) is 0 Å². The van der Waals surface area contributed by atoms with Crippen molar-refractivity contribution in [2.75, 3.05) is 13.1 Å². The number of fused-ring (bicyclic) bond motifs is 1. The van der Waals surface area contributed by atoms with Crippen LogP contribution >= 0.6 is 0 Å². The number of furan rings is 1. The molecule has 2 aromatic rings. The third-order valence-corrected chi connectivity index (χ3v) is 4.38. The molecule has 3 nitrogen and oxygen atoms in total. The van der Waals surface area contributed by atoms with E-state index in [0.29, 0.717) is 0 Å². The van der Waals surface area contributed by atoms with Gasteiger partial charge in [-0.25, -0.2) is 0 Å². The Labute approximate surface area is 120 Å². The monoisotopic (exact) mass is 273 g/mol. The van der Waals surface area contributed by atoms with E-state index >= 15 is 0 Å². The van der Waals surface area contributed by atoms with Crippen molar-refractivity contribution in [1.29, 1.82) is 0 Å². The second kappa shape index (κ2) is 5.23. The number of nitrogens with one attached hydrogen (secondary N) is 1. The lowest BCUT2D eigenvalue weighted by Crippen LogP contribution is -2.48. The van der Waals surface area contributed by atoms with Crippen LogP contribution in [0.5, 0.6) is 0 Å². The zero-order chi connectivity index (χ0) is 14.2. The number of hydrogen-bond donors (Lipinski definition) is 1. The molecule has 0 radical (unpaired) electrons. The summed E-state index contributed by atoms with van der Waals surface area (Å²) in [5.74, 6) is 1.00. The summed E-state index contributed by atoms with van der Waals surface area (Å²) in [4.78, 5) is 0. The number of hydrogen-bond acceptors (Lipinski definition) is 3. The Bertz CT molecular complexity index is 604. The molecule has 3 rings (SSSR count). The minimum Gasteiger partial charge on any atom is -0.458 e. The molecule has 108 valence electrons. The van der Waals surface area contributed by atoms with Crippen molar-refractivity contribution in [3.05, 3.63) is 35.6 Å². The first-order valence-electron chi connectivity index (χ1n) is 7.55. The van der Waals surface area contributed by atoms with E-state index in [1.807, 2.05) is 12.1 Å². The van der Waals surface area contributed by atoms with E-state index in [1.54, 1.807) is 0 Å². The summed E-state index contributed by atoms with van der Waals surface area (Å²) in [6, 6.07) is 8.26. The summed E-state index contributed by atoms with van der Waals surface area (Å²) >= 11 is 0. The maximum absolute atomic E-state index is 6.32. The van der Waals surface area contributed by atoms with Crippen LogP contribution in [0.4, 0.5) is 0 Å². The molecule has 0 amide bonds. The Kier molecular flexibility index (Phi) is 3.57. The van der Waals surface area contributed by atoms with Gasteiger partial charge in [0.1, 0.15) is 17.4 Å². The van der Waals surface area contributed by atoms with Crippen LogP contribution in [-0.2, 0) is 11.2 Å². The molecule has 2 heterocycles. The van der Waals surface area contributed by atoms with Gasteiger partial charge in [0.2, 0.25) is 0 Å².